The number of aryl methyl sites for hydroxylation is 2. The minimum Gasteiger partial charge on any atom is -0.462 e. The lowest BCUT2D eigenvalue weighted by Gasteiger charge is -2.19. The molecule has 2 aromatic rings. The predicted octanol–water partition coefficient (Wildman–Crippen LogP) is 4.57. The van der Waals surface area contributed by atoms with E-state index in [-0.39, 0.29) is 12.5 Å². The number of esters is 1. The zero-order valence-electron chi connectivity index (χ0n) is 16.1. The molecule has 4 nitrogen and oxygen atoms in total. The molecule has 0 radical (unpaired) electrons. The van der Waals surface area contributed by atoms with E-state index in [1.165, 1.54) is 0 Å². The molecule has 1 aliphatic heterocycles. The second-order valence-electron chi connectivity index (χ2n) is 6.56. The van der Waals surface area contributed by atoms with Crippen molar-refractivity contribution in [3.8, 4) is 0 Å². The highest BCUT2D eigenvalue weighted by Gasteiger charge is 2.38. The van der Waals surface area contributed by atoms with Crippen LogP contribution in [0.1, 0.15) is 30.5 Å². The summed E-state index contributed by atoms with van der Waals surface area (Å²) in [5, 5.41) is 0. The van der Waals surface area contributed by atoms with Crippen LogP contribution in [0.5, 0.6) is 0 Å². The van der Waals surface area contributed by atoms with Crippen molar-refractivity contribution in [2.75, 3.05) is 11.5 Å². The molecule has 0 aliphatic carbocycles. The number of allylic oxidation sites excluding steroid dienone is 1. The fraction of sp³-hybridized carbons (Fsp3) is 0.217. The predicted molar refractivity (Wildman–Crippen MR) is 107 cm³/mol. The highest BCUT2D eigenvalue weighted by Crippen LogP contribution is 2.36. The molecule has 138 valence electrons. The second-order valence-corrected chi connectivity index (χ2v) is 6.56. The number of ether oxygens (including phenoxy) is 1. The van der Waals surface area contributed by atoms with E-state index in [4.69, 9.17) is 4.74 Å². The maximum absolute atomic E-state index is 13.2. The minimum atomic E-state index is -0.475. The van der Waals surface area contributed by atoms with E-state index < -0.39 is 5.97 Å². The van der Waals surface area contributed by atoms with E-state index in [2.05, 4.69) is 0 Å². The van der Waals surface area contributed by atoms with Crippen LogP contribution in [0.3, 0.4) is 0 Å². The highest BCUT2D eigenvalue weighted by atomic mass is 16.5. The zero-order valence-corrected chi connectivity index (χ0v) is 16.1. The molecule has 4 heteroatoms. The van der Waals surface area contributed by atoms with E-state index >= 15 is 0 Å². The van der Waals surface area contributed by atoms with Crippen LogP contribution in [0.4, 0.5) is 5.69 Å². The van der Waals surface area contributed by atoms with Crippen molar-refractivity contribution in [2.24, 2.45) is 0 Å². The number of benzene rings is 2. The lowest BCUT2D eigenvalue weighted by atomic mass is 10.0. The summed E-state index contributed by atoms with van der Waals surface area (Å²) >= 11 is 0. The van der Waals surface area contributed by atoms with Crippen LogP contribution in [0.15, 0.2) is 65.4 Å². The zero-order chi connectivity index (χ0) is 19.6. The van der Waals surface area contributed by atoms with Gasteiger partial charge in [-0.15, -0.1) is 0 Å². The van der Waals surface area contributed by atoms with Gasteiger partial charge in [-0.3, -0.25) is 9.69 Å². The number of hydrogen-bond acceptors (Lipinski definition) is 3. The molecule has 0 aromatic heterocycles. The first-order valence-corrected chi connectivity index (χ1v) is 9.01. The van der Waals surface area contributed by atoms with Gasteiger partial charge in [0.1, 0.15) is 0 Å². The van der Waals surface area contributed by atoms with Crippen LogP contribution in [0.25, 0.3) is 6.08 Å². The molecule has 2 aromatic carbocycles. The number of carbonyl (C=O) groups excluding carboxylic acids is 2. The van der Waals surface area contributed by atoms with E-state index in [0.29, 0.717) is 16.8 Å². The number of hydrogen-bond donors (Lipinski definition) is 0. The molecule has 1 aliphatic rings. The summed E-state index contributed by atoms with van der Waals surface area (Å²) in [7, 11) is 0. The Hall–Kier alpha value is -3.14. The Kier molecular flexibility index (Phi) is 5.26. The molecular weight excluding hydrogens is 338 g/mol. The molecule has 27 heavy (non-hydrogen) atoms. The fourth-order valence-corrected chi connectivity index (χ4v) is 3.17. The number of amides is 1. The molecule has 1 heterocycles. The molecule has 0 atom stereocenters. The molecule has 0 unspecified atom stereocenters. The van der Waals surface area contributed by atoms with E-state index in [1.807, 2.05) is 62.4 Å². The Morgan fingerprint density at radius 3 is 2.37 bits per heavy atom. The summed E-state index contributed by atoms with van der Waals surface area (Å²) < 4.78 is 5.22. The van der Waals surface area contributed by atoms with Crippen molar-refractivity contribution >= 4 is 23.6 Å². The standard InChI is InChI=1S/C23H23NO3/c1-5-27-23(26)21-17(4)24(19-12-11-15(2)16(3)13-19)22(25)20(21)14-18-9-7-6-8-10-18/h6-14H,5H2,1-4H3/b20-14+. The van der Waals surface area contributed by atoms with Gasteiger partial charge < -0.3 is 4.74 Å². The second kappa shape index (κ2) is 7.62. The summed E-state index contributed by atoms with van der Waals surface area (Å²) in [5.74, 6) is -0.695. The summed E-state index contributed by atoms with van der Waals surface area (Å²) in [6, 6.07) is 15.3. The summed E-state index contributed by atoms with van der Waals surface area (Å²) in [6.07, 6.45) is 1.75. The number of nitrogens with zero attached hydrogens (tertiary/aromatic N) is 1. The van der Waals surface area contributed by atoms with Gasteiger partial charge in [-0.2, -0.15) is 0 Å². The van der Waals surface area contributed by atoms with Crippen LogP contribution in [-0.2, 0) is 14.3 Å². The third kappa shape index (κ3) is 3.56. The molecule has 1 amide bonds. The van der Waals surface area contributed by atoms with E-state index in [0.717, 1.165) is 22.4 Å². The maximum atomic E-state index is 13.2. The van der Waals surface area contributed by atoms with E-state index in [1.54, 1.807) is 24.8 Å². The normalized spacial score (nSPS) is 15.6. The third-order valence-electron chi connectivity index (χ3n) is 4.74. The van der Waals surface area contributed by atoms with Crippen molar-refractivity contribution in [3.05, 3.63) is 82.1 Å². The number of carbonyl (C=O) groups is 2. The summed E-state index contributed by atoms with van der Waals surface area (Å²) in [5.41, 5.74) is 5.11. The average molecular weight is 361 g/mol. The monoisotopic (exact) mass is 361 g/mol. The number of rotatable bonds is 4. The molecule has 3 rings (SSSR count). The smallest absolute Gasteiger partial charge is 0.340 e. The van der Waals surface area contributed by atoms with E-state index in [9.17, 15) is 9.59 Å². The van der Waals surface area contributed by atoms with Gasteiger partial charge in [0.2, 0.25) is 0 Å². The molecule has 0 saturated heterocycles. The Labute approximate surface area is 159 Å². The van der Waals surface area contributed by atoms with Gasteiger partial charge >= 0.3 is 5.97 Å². The molecule has 0 fully saturated rings. The van der Waals surface area contributed by atoms with Gasteiger partial charge in [-0.25, -0.2) is 4.79 Å². The SMILES string of the molecule is CCOC(=O)C1=C(C)N(c2ccc(C)c(C)c2)C(=O)/C1=C/c1ccccc1. The van der Waals surface area contributed by atoms with Crippen LogP contribution >= 0.6 is 0 Å². The van der Waals surface area contributed by atoms with Crippen molar-refractivity contribution in [3.63, 3.8) is 0 Å². The van der Waals surface area contributed by atoms with Crippen LogP contribution < -0.4 is 4.90 Å². The first kappa shape index (κ1) is 18.6. The minimum absolute atomic E-state index is 0.220. The Bertz CT molecular complexity index is 955. The third-order valence-corrected chi connectivity index (χ3v) is 4.74. The Morgan fingerprint density at radius 1 is 1.04 bits per heavy atom. The van der Waals surface area contributed by atoms with Gasteiger partial charge in [-0.1, -0.05) is 36.4 Å². The van der Waals surface area contributed by atoms with Crippen LogP contribution in [0, 0.1) is 13.8 Å². The van der Waals surface area contributed by atoms with Gasteiger partial charge in [-0.05, 0) is 62.6 Å². The molecule has 0 spiro atoms. The summed E-state index contributed by atoms with van der Waals surface area (Å²) in [6.45, 7) is 7.83. The van der Waals surface area contributed by atoms with Crippen LogP contribution in [0.2, 0.25) is 0 Å². The van der Waals surface area contributed by atoms with Gasteiger partial charge in [0, 0.05) is 11.4 Å². The molecular formula is C23H23NO3. The topological polar surface area (TPSA) is 46.6 Å². The molecule has 0 saturated carbocycles. The van der Waals surface area contributed by atoms with Crippen molar-refractivity contribution in [1.82, 2.24) is 0 Å². The Morgan fingerprint density at radius 2 is 1.74 bits per heavy atom. The summed E-state index contributed by atoms with van der Waals surface area (Å²) in [4.78, 5) is 27.4. The van der Waals surface area contributed by atoms with Crippen LogP contribution in [-0.4, -0.2) is 18.5 Å². The first-order chi connectivity index (χ1) is 12.9. The van der Waals surface area contributed by atoms with Crippen molar-refractivity contribution in [2.45, 2.75) is 27.7 Å². The lowest BCUT2D eigenvalue weighted by molar-refractivity contribution is -0.138. The largest absolute Gasteiger partial charge is 0.462 e. The molecule has 0 N–H and O–H groups in total. The lowest BCUT2D eigenvalue weighted by Crippen LogP contribution is -2.24. The quantitative estimate of drug-likeness (QED) is 0.592. The first-order valence-electron chi connectivity index (χ1n) is 9.01. The fourth-order valence-electron chi connectivity index (χ4n) is 3.17. The van der Waals surface area contributed by atoms with Crippen molar-refractivity contribution in [1.29, 1.82) is 0 Å². The van der Waals surface area contributed by atoms with Crippen molar-refractivity contribution < 1.29 is 14.3 Å². The molecule has 0 bridgehead atoms. The average Bonchev–Trinajstić information content (AvgIpc) is 2.89. The number of anilines is 1. The van der Waals surface area contributed by atoms with Gasteiger partial charge in [0.05, 0.1) is 17.8 Å². The van der Waals surface area contributed by atoms with Gasteiger partial charge in [0.25, 0.3) is 5.91 Å². The highest BCUT2D eigenvalue weighted by molar-refractivity contribution is 6.23. The Balaban J connectivity index is 2.14. The maximum Gasteiger partial charge on any atom is 0.340 e. The van der Waals surface area contributed by atoms with Gasteiger partial charge in [0.15, 0.2) is 0 Å².